The van der Waals surface area contributed by atoms with E-state index in [0.717, 1.165) is 6.08 Å². The Morgan fingerprint density at radius 1 is 1.60 bits per heavy atom. The summed E-state index contributed by atoms with van der Waals surface area (Å²) in [7, 11) is -4.41. The lowest BCUT2D eigenvalue weighted by Gasteiger charge is -1.98. The molecule has 0 fully saturated rings. The van der Waals surface area contributed by atoms with Gasteiger partial charge in [0, 0.05) is 6.08 Å². The Morgan fingerprint density at radius 2 is 2.10 bits per heavy atom. The lowest BCUT2D eigenvalue weighted by Crippen LogP contribution is -1.87. The van der Waals surface area contributed by atoms with Crippen molar-refractivity contribution in [1.29, 1.82) is 0 Å². The van der Waals surface area contributed by atoms with E-state index in [0.29, 0.717) is 0 Å². The van der Waals surface area contributed by atoms with Gasteiger partial charge in [0.15, 0.2) is 0 Å². The van der Waals surface area contributed by atoms with Gasteiger partial charge in [-0.2, -0.15) is 0 Å². The van der Waals surface area contributed by atoms with Crippen LogP contribution >= 0.6 is 20.2 Å². The van der Waals surface area contributed by atoms with Crippen LogP contribution in [0.25, 0.3) is 0 Å². The molecular weight excluding hydrogens is 182 g/mol. The van der Waals surface area contributed by atoms with Gasteiger partial charge < -0.3 is 9.79 Å². The van der Waals surface area contributed by atoms with Crippen LogP contribution in [0.4, 0.5) is 0 Å². The Balaban J connectivity index is 0. The van der Waals surface area contributed by atoms with Gasteiger partial charge in [-0.1, -0.05) is 0 Å². The molecule has 0 heterocycles. The first kappa shape index (κ1) is 12.5. The molecule has 0 aromatic rings. The minimum absolute atomic E-state index is 0. The third-order valence-corrected chi connectivity index (χ3v) is 0.895. The Morgan fingerprint density at radius 3 is 2.40 bits per heavy atom. The summed E-state index contributed by atoms with van der Waals surface area (Å²) in [5.41, 5.74) is 0. The Kier molecular flexibility index (Phi) is 7.04. The van der Waals surface area contributed by atoms with Gasteiger partial charge in [-0.05, 0) is 0 Å². The standard InChI is InChI=1S/C3H5O5P.ClH/c4-2-1-3-8-9(5,6)7;/h1H,3H2,(H2,5,6,7);1H. The van der Waals surface area contributed by atoms with Crippen LogP contribution in [0.15, 0.2) is 6.08 Å². The zero-order valence-electron chi connectivity index (χ0n) is 4.76. The van der Waals surface area contributed by atoms with Crippen molar-refractivity contribution in [3.63, 3.8) is 0 Å². The van der Waals surface area contributed by atoms with Crippen molar-refractivity contribution >= 4 is 26.2 Å². The van der Waals surface area contributed by atoms with E-state index in [-0.39, 0.29) is 12.4 Å². The van der Waals surface area contributed by atoms with Crippen molar-refractivity contribution in [2.24, 2.45) is 0 Å². The molecule has 0 aliphatic heterocycles. The molecular formula is C3H6ClO5P. The highest BCUT2D eigenvalue weighted by Gasteiger charge is 2.11. The third kappa shape index (κ3) is 10.8. The van der Waals surface area contributed by atoms with Gasteiger partial charge in [0.25, 0.3) is 0 Å². The normalized spacial score (nSPS) is 9.40. The van der Waals surface area contributed by atoms with E-state index in [2.05, 4.69) is 4.52 Å². The first-order valence-electron chi connectivity index (χ1n) is 1.95. The SMILES string of the molecule is Cl.O=C=CCOP(=O)(O)O. The van der Waals surface area contributed by atoms with E-state index in [1.54, 1.807) is 0 Å². The van der Waals surface area contributed by atoms with Gasteiger partial charge in [-0.25, -0.2) is 9.36 Å². The molecule has 0 saturated heterocycles. The first-order valence-corrected chi connectivity index (χ1v) is 3.49. The zero-order chi connectivity index (χ0) is 7.33. The number of rotatable bonds is 3. The van der Waals surface area contributed by atoms with Gasteiger partial charge in [0.2, 0.25) is 0 Å². The minimum atomic E-state index is -4.41. The van der Waals surface area contributed by atoms with E-state index >= 15 is 0 Å². The first-order chi connectivity index (χ1) is 4.06. The number of hydrogen-bond acceptors (Lipinski definition) is 3. The molecule has 5 nitrogen and oxygen atoms in total. The number of halogens is 1. The highest BCUT2D eigenvalue weighted by molar-refractivity contribution is 7.46. The molecule has 0 aromatic carbocycles. The van der Waals surface area contributed by atoms with Crippen LogP contribution in [0, 0.1) is 0 Å². The van der Waals surface area contributed by atoms with Gasteiger partial charge >= 0.3 is 7.82 Å². The van der Waals surface area contributed by atoms with Crippen LogP contribution in [-0.4, -0.2) is 22.3 Å². The maximum atomic E-state index is 9.83. The van der Waals surface area contributed by atoms with Crippen molar-refractivity contribution in [2.45, 2.75) is 0 Å². The molecule has 0 aliphatic carbocycles. The quantitative estimate of drug-likeness (QED) is 0.478. The molecule has 0 bridgehead atoms. The van der Waals surface area contributed by atoms with Crippen molar-refractivity contribution in [3.8, 4) is 0 Å². The third-order valence-electron chi connectivity index (χ3n) is 0.409. The van der Waals surface area contributed by atoms with Crippen LogP contribution in [0.5, 0.6) is 0 Å². The predicted octanol–water partition coefficient (Wildman–Crippen LogP) is -0.0947. The molecule has 0 spiro atoms. The summed E-state index contributed by atoms with van der Waals surface area (Å²) in [6.07, 6.45) is 0.832. The fourth-order valence-electron chi connectivity index (χ4n) is 0.168. The van der Waals surface area contributed by atoms with E-state index in [1.807, 2.05) is 0 Å². The Bertz CT molecular complexity index is 168. The second kappa shape index (κ2) is 5.62. The van der Waals surface area contributed by atoms with Crippen molar-refractivity contribution in [3.05, 3.63) is 6.08 Å². The second-order valence-corrected chi connectivity index (χ2v) is 2.35. The summed E-state index contributed by atoms with van der Waals surface area (Å²) in [5, 5.41) is 0. The smallest absolute Gasteiger partial charge is 0.303 e. The van der Waals surface area contributed by atoms with Gasteiger partial charge in [0.1, 0.15) is 5.94 Å². The largest absolute Gasteiger partial charge is 0.469 e. The predicted molar refractivity (Wildman–Crippen MR) is 35.5 cm³/mol. The molecule has 0 aromatic heterocycles. The Labute approximate surface area is 63.3 Å². The fraction of sp³-hybridized carbons (Fsp3) is 0.333. The van der Waals surface area contributed by atoms with Crippen LogP contribution < -0.4 is 0 Å². The average Bonchev–Trinajstić information content (AvgIpc) is 1.63. The molecule has 10 heavy (non-hydrogen) atoms. The van der Waals surface area contributed by atoms with E-state index < -0.39 is 14.4 Å². The van der Waals surface area contributed by atoms with Crippen molar-refractivity contribution in [2.75, 3.05) is 6.61 Å². The molecule has 0 saturated carbocycles. The molecule has 7 heteroatoms. The van der Waals surface area contributed by atoms with Crippen LogP contribution in [0.2, 0.25) is 0 Å². The van der Waals surface area contributed by atoms with Gasteiger partial charge in [-0.3, -0.25) is 4.52 Å². The van der Waals surface area contributed by atoms with E-state index in [9.17, 15) is 9.36 Å². The van der Waals surface area contributed by atoms with Crippen LogP contribution in [0.1, 0.15) is 0 Å². The summed E-state index contributed by atoms with van der Waals surface area (Å²) in [6.45, 7) is -0.409. The number of hydrogen-bond donors (Lipinski definition) is 2. The molecule has 60 valence electrons. The van der Waals surface area contributed by atoms with E-state index in [1.165, 1.54) is 5.94 Å². The number of phosphoric ester groups is 1. The van der Waals surface area contributed by atoms with Gasteiger partial charge in [-0.15, -0.1) is 12.4 Å². The summed E-state index contributed by atoms with van der Waals surface area (Å²) in [6, 6.07) is 0. The van der Waals surface area contributed by atoms with Crippen LogP contribution in [0.3, 0.4) is 0 Å². The molecule has 0 aliphatic rings. The summed E-state index contributed by atoms with van der Waals surface area (Å²) >= 11 is 0. The highest BCUT2D eigenvalue weighted by atomic mass is 35.5. The van der Waals surface area contributed by atoms with E-state index in [4.69, 9.17) is 9.79 Å². The fourth-order valence-corrected chi connectivity index (χ4v) is 0.437. The van der Waals surface area contributed by atoms with Crippen LogP contribution in [-0.2, 0) is 13.9 Å². The average molecular weight is 189 g/mol. The van der Waals surface area contributed by atoms with Crippen molar-refractivity contribution < 1.29 is 23.7 Å². The monoisotopic (exact) mass is 188 g/mol. The molecule has 2 N–H and O–H groups in total. The number of carbonyl (C=O) groups excluding carboxylic acids is 1. The molecule has 0 amide bonds. The Hall–Kier alpha value is -0.150. The topological polar surface area (TPSA) is 83.8 Å². The molecule has 0 atom stereocenters. The highest BCUT2D eigenvalue weighted by Crippen LogP contribution is 2.35. The summed E-state index contributed by atoms with van der Waals surface area (Å²) in [5.74, 6) is 1.30. The molecule has 0 rings (SSSR count). The molecule has 0 unspecified atom stereocenters. The molecule has 0 radical (unpaired) electrons. The maximum Gasteiger partial charge on any atom is 0.469 e. The zero-order valence-corrected chi connectivity index (χ0v) is 6.47. The second-order valence-electron chi connectivity index (χ2n) is 1.11. The lowest BCUT2D eigenvalue weighted by molar-refractivity contribution is 0.216. The summed E-state index contributed by atoms with van der Waals surface area (Å²) < 4.78 is 13.6. The lowest BCUT2D eigenvalue weighted by atomic mass is 10.7. The minimum Gasteiger partial charge on any atom is -0.303 e. The maximum absolute atomic E-state index is 9.83. The number of phosphoric acid groups is 1. The van der Waals surface area contributed by atoms with Crippen molar-refractivity contribution in [1.82, 2.24) is 0 Å². The van der Waals surface area contributed by atoms with Gasteiger partial charge in [0.05, 0.1) is 6.61 Å². The summed E-state index contributed by atoms with van der Waals surface area (Å²) in [4.78, 5) is 25.3.